The Bertz CT molecular complexity index is 875. The molecule has 1 aliphatic carbocycles. The molecule has 2 aromatic rings. The summed E-state index contributed by atoms with van der Waals surface area (Å²) in [6.45, 7) is 0.0785. The van der Waals surface area contributed by atoms with Crippen molar-refractivity contribution in [2.75, 3.05) is 5.32 Å². The zero-order valence-electron chi connectivity index (χ0n) is 15.9. The summed E-state index contributed by atoms with van der Waals surface area (Å²) in [6.07, 6.45) is 7.76. The normalized spacial score (nSPS) is 20.1. The number of carbonyl (C=O) groups excluding carboxylic acids is 3. The first kappa shape index (κ1) is 19.6. The highest BCUT2D eigenvalue weighted by molar-refractivity contribution is 7.15. The Kier molecular flexibility index (Phi) is 5.89. The standard InChI is InChI=1S/C19H23N5O4S/c25-15(21-18-23-22-16(29-18)12-5-2-1-3-6-12)9-8-14-17(26)24(19(27)20-14)11-13-7-4-10-28-13/h4,7,10,12,14H,1-3,5-6,8-9,11H2,(H,20,27)(H,21,23,25). The molecule has 29 heavy (non-hydrogen) atoms. The maximum absolute atomic E-state index is 12.4. The van der Waals surface area contributed by atoms with E-state index >= 15 is 0 Å². The smallest absolute Gasteiger partial charge is 0.325 e. The van der Waals surface area contributed by atoms with Gasteiger partial charge in [0.05, 0.1) is 12.8 Å². The van der Waals surface area contributed by atoms with Crippen LogP contribution in [0.15, 0.2) is 22.8 Å². The minimum Gasteiger partial charge on any atom is -0.467 e. The molecule has 0 bridgehead atoms. The first-order valence-electron chi connectivity index (χ1n) is 9.87. The Hall–Kier alpha value is -2.75. The average Bonchev–Trinajstić information content (AvgIpc) is 3.46. The third kappa shape index (κ3) is 4.64. The largest absolute Gasteiger partial charge is 0.467 e. The molecular weight excluding hydrogens is 394 g/mol. The van der Waals surface area contributed by atoms with Gasteiger partial charge < -0.3 is 15.1 Å². The van der Waals surface area contributed by atoms with Gasteiger partial charge in [-0.05, 0) is 31.4 Å². The number of nitrogens with zero attached hydrogens (tertiary/aromatic N) is 3. The van der Waals surface area contributed by atoms with Crippen molar-refractivity contribution in [1.82, 2.24) is 20.4 Å². The van der Waals surface area contributed by atoms with Gasteiger partial charge in [0.1, 0.15) is 16.8 Å². The summed E-state index contributed by atoms with van der Waals surface area (Å²) < 4.78 is 5.19. The number of carbonyl (C=O) groups is 3. The number of aromatic nitrogens is 2. The van der Waals surface area contributed by atoms with Crippen LogP contribution < -0.4 is 10.6 Å². The molecule has 1 aliphatic heterocycles. The molecule has 2 fully saturated rings. The highest BCUT2D eigenvalue weighted by Crippen LogP contribution is 2.35. The van der Waals surface area contributed by atoms with Gasteiger partial charge in [0.25, 0.3) is 5.91 Å². The van der Waals surface area contributed by atoms with Crippen LogP contribution in [0.5, 0.6) is 0 Å². The fraction of sp³-hybridized carbons (Fsp3) is 0.526. The maximum atomic E-state index is 12.4. The number of urea groups is 1. The summed E-state index contributed by atoms with van der Waals surface area (Å²) in [7, 11) is 0. The highest BCUT2D eigenvalue weighted by Gasteiger charge is 2.38. The fourth-order valence-electron chi connectivity index (χ4n) is 3.74. The van der Waals surface area contributed by atoms with E-state index in [9.17, 15) is 14.4 Å². The molecule has 4 rings (SSSR count). The number of hydrogen-bond acceptors (Lipinski definition) is 7. The Morgan fingerprint density at radius 3 is 2.86 bits per heavy atom. The fourth-order valence-corrected chi connectivity index (χ4v) is 4.67. The molecule has 2 aliphatic rings. The van der Waals surface area contributed by atoms with Crippen LogP contribution in [0.25, 0.3) is 0 Å². The van der Waals surface area contributed by atoms with Gasteiger partial charge in [-0.25, -0.2) is 4.79 Å². The molecule has 1 unspecified atom stereocenters. The Morgan fingerprint density at radius 1 is 1.28 bits per heavy atom. The van der Waals surface area contributed by atoms with Crippen molar-refractivity contribution < 1.29 is 18.8 Å². The summed E-state index contributed by atoms with van der Waals surface area (Å²) >= 11 is 1.42. The van der Waals surface area contributed by atoms with Crippen molar-refractivity contribution in [3.05, 3.63) is 29.2 Å². The van der Waals surface area contributed by atoms with Gasteiger partial charge in [-0.2, -0.15) is 0 Å². The number of imide groups is 1. The predicted octanol–water partition coefficient (Wildman–Crippen LogP) is 3.02. The van der Waals surface area contributed by atoms with Crippen molar-refractivity contribution >= 4 is 34.3 Å². The number of anilines is 1. The van der Waals surface area contributed by atoms with Gasteiger partial charge >= 0.3 is 6.03 Å². The summed E-state index contributed by atoms with van der Waals surface area (Å²) in [5.74, 6) is 0.368. The number of amides is 4. The van der Waals surface area contributed by atoms with E-state index in [1.54, 1.807) is 12.1 Å². The second kappa shape index (κ2) is 8.73. The molecule has 3 heterocycles. The van der Waals surface area contributed by atoms with E-state index in [4.69, 9.17) is 4.42 Å². The van der Waals surface area contributed by atoms with Crippen LogP contribution in [-0.4, -0.2) is 39.0 Å². The lowest BCUT2D eigenvalue weighted by molar-refractivity contribution is -0.128. The molecule has 0 radical (unpaired) electrons. The van der Waals surface area contributed by atoms with Crippen LogP contribution in [0, 0.1) is 0 Å². The van der Waals surface area contributed by atoms with Gasteiger partial charge in [0.2, 0.25) is 11.0 Å². The summed E-state index contributed by atoms with van der Waals surface area (Å²) in [6, 6.07) is 2.21. The van der Waals surface area contributed by atoms with E-state index in [1.165, 1.54) is 36.9 Å². The number of furan rings is 1. The summed E-state index contributed by atoms with van der Waals surface area (Å²) in [5, 5.41) is 15.1. The summed E-state index contributed by atoms with van der Waals surface area (Å²) in [4.78, 5) is 37.8. The molecule has 2 N–H and O–H groups in total. The van der Waals surface area contributed by atoms with E-state index in [1.807, 2.05) is 0 Å². The van der Waals surface area contributed by atoms with Gasteiger partial charge in [0, 0.05) is 12.3 Å². The van der Waals surface area contributed by atoms with Gasteiger partial charge in [0.15, 0.2) is 0 Å². The van der Waals surface area contributed by atoms with Crippen LogP contribution in [0.1, 0.15) is 61.6 Å². The lowest BCUT2D eigenvalue weighted by Crippen LogP contribution is -2.31. The summed E-state index contributed by atoms with van der Waals surface area (Å²) in [5.41, 5.74) is 0. The first-order chi connectivity index (χ1) is 14.1. The van der Waals surface area contributed by atoms with Crippen molar-refractivity contribution in [2.24, 2.45) is 0 Å². The monoisotopic (exact) mass is 417 g/mol. The van der Waals surface area contributed by atoms with Crippen molar-refractivity contribution in [1.29, 1.82) is 0 Å². The van der Waals surface area contributed by atoms with Crippen LogP contribution in [0.2, 0.25) is 0 Å². The molecule has 1 saturated carbocycles. The predicted molar refractivity (Wildman–Crippen MR) is 105 cm³/mol. The highest BCUT2D eigenvalue weighted by atomic mass is 32.1. The minimum absolute atomic E-state index is 0.0785. The number of nitrogens with one attached hydrogen (secondary N) is 2. The minimum atomic E-state index is -0.713. The molecule has 10 heteroatoms. The van der Waals surface area contributed by atoms with E-state index in [2.05, 4.69) is 20.8 Å². The Balaban J connectivity index is 1.26. The quantitative estimate of drug-likeness (QED) is 0.669. The van der Waals surface area contributed by atoms with Gasteiger partial charge in [-0.15, -0.1) is 10.2 Å². The molecule has 2 aromatic heterocycles. The molecule has 1 saturated heterocycles. The second-order valence-electron chi connectivity index (χ2n) is 7.37. The molecule has 0 aromatic carbocycles. The average molecular weight is 417 g/mol. The molecule has 154 valence electrons. The van der Waals surface area contributed by atoms with E-state index in [0.29, 0.717) is 16.8 Å². The lowest BCUT2D eigenvalue weighted by Gasteiger charge is -2.18. The van der Waals surface area contributed by atoms with E-state index in [-0.39, 0.29) is 31.2 Å². The Morgan fingerprint density at radius 2 is 2.10 bits per heavy atom. The van der Waals surface area contributed by atoms with Crippen LogP contribution >= 0.6 is 11.3 Å². The van der Waals surface area contributed by atoms with Crippen molar-refractivity contribution in [3.8, 4) is 0 Å². The molecule has 4 amide bonds. The molecule has 0 spiro atoms. The SMILES string of the molecule is O=C(CCC1NC(=O)N(Cc2ccco2)C1=O)Nc1nnc(C2CCCCC2)s1. The third-order valence-electron chi connectivity index (χ3n) is 5.30. The van der Waals surface area contributed by atoms with Crippen LogP contribution in [0.3, 0.4) is 0 Å². The zero-order valence-corrected chi connectivity index (χ0v) is 16.7. The molecule has 9 nitrogen and oxygen atoms in total. The maximum Gasteiger partial charge on any atom is 0.325 e. The van der Waals surface area contributed by atoms with Crippen molar-refractivity contribution in [2.45, 2.75) is 63.5 Å². The van der Waals surface area contributed by atoms with Gasteiger partial charge in [-0.3, -0.25) is 14.5 Å². The van der Waals surface area contributed by atoms with E-state index < -0.39 is 12.1 Å². The number of rotatable bonds is 7. The topological polar surface area (TPSA) is 117 Å². The molecular formula is C19H23N5O4S. The third-order valence-corrected chi connectivity index (χ3v) is 6.30. The number of hydrogen-bond donors (Lipinski definition) is 2. The van der Waals surface area contributed by atoms with E-state index in [0.717, 1.165) is 22.7 Å². The first-order valence-corrected chi connectivity index (χ1v) is 10.7. The molecule has 1 atom stereocenters. The lowest BCUT2D eigenvalue weighted by atomic mass is 9.90. The van der Waals surface area contributed by atoms with Crippen LogP contribution in [-0.2, 0) is 16.1 Å². The van der Waals surface area contributed by atoms with Gasteiger partial charge in [-0.1, -0.05) is 30.6 Å². The second-order valence-corrected chi connectivity index (χ2v) is 8.38. The van der Waals surface area contributed by atoms with Crippen LogP contribution in [0.4, 0.5) is 9.93 Å². The Labute approximate surface area is 171 Å². The zero-order chi connectivity index (χ0) is 20.2. The van der Waals surface area contributed by atoms with Crippen molar-refractivity contribution in [3.63, 3.8) is 0 Å².